The van der Waals surface area contributed by atoms with Gasteiger partial charge in [-0.3, -0.25) is 0 Å². The van der Waals surface area contributed by atoms with Gasteiger partial charge in [-0.2, -0.15) is 0 Å². The molecule has 3 rings (SSSR count). The lowest BCUT2D eigenvalue weighted by Gasteiger charge is -2.16. The van der Waals surface area contributed by atoms with Gasteiger partial charge in [-0.1, -0.05) is 24.6 Å². The molecule has 0 unspecified atom stereocenters. The summed E-state index contributed by atoms with van der Waals surface area (Å²) in [6.45, 7) is 6.46. The highest BCUT2D eigenvalue weighted by molar-refractivity contribution is 7.98. The van der Waals surface area contributed by atoms with Crippen LogP contribution in [0, 0.1) is 6.92 Å². The molecule has 154 valence electrons. The summed E-state index contributed by atoms with van der Waals surface area (Å²) < 4.78 is 2.39. The molecule has 0 bridgehead atoms. The number of aryl methyl sites for hydroxylation is 2. The van der Waals surface area contributed by atoms with Crippen molar-refractivity contribution in [2.45, 2.75) is 70.1 Å². The number of nitrogens with one attached hydrogen (secondary N) is 2. The number of nitrogens with zero attached hydrogens (tertiary/aromatic N) is 5. The van der Waals surface area contributed by atoms with E-state index in [9.17, 15) is 0 Å². The van der Waals surface area contributed by atoms with Gasteiger partial charge in [-0.25, -0.2) is 9.98 Å². The van der Waals surface area contributed by atoms with Crippen LogP contribution in [-0.4, -0.2) is 45.1 Å². The Labute approximate surface area is 175 Å². The first-order chi connectivity index (χ1) is 13.7. The van der Waals surface area contributed by atoms with Crippen molar-refractivity contribution >= 4 is 29.1 Å². The number of aromatic nitrogens is 4. The highest BCUT2D eigenvalue weighted by atomic mass is 32.2. The van der Waals surface area contributed by atoms with Crippen molar-refractivity contribution in [3.05, 3.63) is 21.9 Å². The lowest BCUT2D eigenvalue weighted by Crippen LogP contribution is -2.37. The molecule has 1 aliphatic rings. The van der Waals surface area contributed by atoms with E-state index in [0.717, 1.165) is 47.9 Å². The summed E-state index contributed by atoms with van der Waals surface area (Å²) in [7, 11) is 0. The largest absolute Gasteiger partial charge is 0.357 e. The van der Waals surface area contributed by atoms with Crippen molar-refractivity contribution in [1.82, 2.24) is 30.4 Å². The predicted molar refractivity (Wildman–Crippen MR) is 117 cm³/mol. The zero-order chi connectivity index (χ0) is 19.8. The molecule has 0 amide bonds. The second-order valence-electron chi connectivity index (χ2n) is 7.00. The minimum Gasteiger partial charge on any atom is -0.357 e. The van der Waals surface area contributed by atoms with Gasteiger partial charge in [0.2, 0.25) is 0 Å². The first-order valence-electron chi connectivity index (χ1n) is 10.1. The Bertz CT molecular complexity index is 762. The molecule has 1 fully saturated rings. The van der Waals surface area contributed by atoms with Crippen LogP contribution in [0.15, 0.2) is 16.3 Å². The maximum Gasteiger partial charge on any atom is 0.191 e. The fourth-order valence-corrected chi connectivity index (χ4v) is 4.85. The third kappa shape index (κ3) is 5.70. The molecule has 1 saturated carbocycles. The molecule has 0 saturated heterocycles. The number of hydrogen-bond acceptors (Lipinski definition) is 6. The van der Waals surface area contributed by atoms with Crippen LogP contribution in [0.1, 0.15) is 60.8 Å². The number of thioether (sulfide) groups is 1. The van der Waals surface area contributed by atoms with Crippen LogP contribution in [0.4, 0.5) is 0 Å². The first-order valence-corrected chi connectivity index (χ1v) is 12.2. The van der Waals surface area contributed by atoms with Gasteiger partial charge >= 0.3 is 0 Å². The topological polar surface area (TPSA) is 80.0 Å². The van der Waals surface area contributed by atoms with Gasteiger partial charge in [0.15, 0.2) is 11.1 Å². The SMILES string of the molecule is CCNC(=NCc1ncc(C)s1)NCCCc1nnc(SC)n1C1CCCC1. The molecule has 0 aliphatic heterocycles. The molecule has 0 atom stereocenters. The van der Waals surface area contributed by atoms with E-state index in [0.29, 0.717) is 12.6 Å². The smallest absolute Gasteiger partial charge is 0.191 e. The summed E-state index contributed by atoms with van der Waals surface area (Å²) >= 11 is 3.40. The Morgan fingerprint density at radius 3 is 2.82 bits per heavy atom. The fourth-order valence-electron chi connectivity index (χ4n) is 3.56. The molecule has 2 heterocycles. The van der Waals surface area contributed by atoms with Crippen LogP contribution >= 0.6 is 23.1 Å². The zero-order valence-electron chi connectivity index (χ0n) is 17.1. The summed E-state index contributed by atoms with van der Waals surface area (Å²) in [5.41, 5.74) is 0. The van der Waals surface area contributed by atoms with Crippen molar-refractivity contribution in [1.29, 1.82) is 0 Å². The predicted octanol–water partition coefficient (Wildman–Crippen LogP) is 3.57. The second kappa shape index (κ2) is 10.8. The fraction of sp³-hybridized carbons (Fsp3) is 0.684. The summed E-state index contributed by atoms with van der Waals surface area (Å²) in [4.78, 5) is 10.2. The molecule has 2 N–H and O–H groups in total. The van der Waals surface area contributed by atoms with Gasteiger partial charge in [0, 0.05) is 36.6 Å². The lowest BCUT2D eigenvalue weighted by atomic mass is 10.2. The normalized spacial score (nSPS) is 15.3. The molecule has 0 aromatic carbocycles. The van der Waals surface area contributed by atoms with Crippen LogP contribution in [0.2, 0.25) is 0 Å². The van der Waals surface area contributed by atoms with E-state index in [-0.39, 0.29) is 0 Å². The van der Waals surface area contributed by atoms with Gasteiger partial charge < -0.3 is 15.2 Å². The molecule has 2 aromatic heterocycles. The second-order valence-corrected chi connectivity index (χ2v) is 9.09. The Morgan fingerprint density at radius 2 is 2.14 bits per heavy atom. The van der Waals surface area contributed by atoms with E-state index in [2.05, 4.69) is 55.5 Å². The molecule has 2 aromatic rings. The molecule has 7 nitrogen and oxygen atoms in total. The molecule has 28 heavy (non-hydrogen) atoms. The van der Waals surface area contributed by atoms with E-state index in [1.807, 2.05) is 6.20 Å². The lowest BCUT2D eigenvalue weighted by molar-refractivity contribution is 0.460. The van der Waals surface area contributed by atoms with Gasteiger partial charge in [-0.05, 0) is 39.4 Å². The van der Waals surface area contributed by atoms with E-state index < -0.39 is 0 Å². The first kappa shape index (κ1) is 21.1. The maximum absolute atomic E-state index is 4.65. The van der Waals surface area contributed by atoms with Gasteiger partial charge in [0.25, 0.3) is 0 Å². The molecule has 1 aliphatic carbocycles. The number of guanidine groups is 1. The molecule has 9 heteroatoms. The monoisotopic (exact) mass is 421 g/mol. The molecular formula is C19H31N7S2. The molecule has 0 radical (unpaired) electrons. The van der Waals surface area contributed by atoms with E-state index >= 15 is 0 Å². The number of thiazole rings is 1. The Kier molecular flexibility index (Phi) is 8.14. The van der Waals surface area contributed by atoms with Gasteiger partial charge in [0.05, 0.1) is 6.54 Å². The van der Waals surface area contributed by atoms with Crippen molar-refractivity contribution in [3.63, 3.8) is 0 Å². The van der Waals surface area contributed by atoms with E-state index in [1.54, 1.807) is 23.1 Å². The Balaban J connectivity index is 1.51. The number of rotatable bonds is 9. The van der Waals surface area contributed by atoms with Crippen molar-refractivity contribution in [2.75, 3.05) is 19.3 Å². The standard InChI is InChI=1S/C19H31N7S2/c1-4-20-18(23-13-17-22-12-14(2)28-17)21-11-7-10-16-24-25-19(27-3)26(16)15-8-5-6-9-15/h12,15H,4-11,13H2,1-3H3,(H2,20,21,23). The highest BCUT2D eigenvalue weighted by Gasteiger charge is 2.23. The Hall–Kier alpha value is -1.61. The maximum atomic E-state index is 4.65. The van der Waals surface area contributed by atoms with Crippen LogP contribution in [-0.2, 0) is 13.0 Å². The van der Waals surface area contributed by atoms with E-state index in [1.165, 1.54) is 30.6 Å². The third-order valence-electron chi connectivity index (χ3n) is 4.86. The van der Waals surface area contributed by atoms with Gasteiger partial charge in [-0.15, -0.1) is 21.5 Å². The summed E-state index contributed by atoms with van der Waals surface area (Å²) in [5.74, 6) is 1.97. The number of hydrogen-bond donors (Lipinski definition) is 2. The molecular weight excluding hydrogens is 390 g/mol. The van der Waals surface area contributed by atoms with Gasteiger partial charge in [0.1, 0.15) is 10.8 Å². The number of aliphatic imine (C=N–C) groups is 1. The summed E-state index contributed by atoms with van der Waals surface area (Å²) in [5, 5.41) is 17.7. The van der Waals surface area contributed by atoms with Crippen molar-refractivity contribution in [2.24, 2.45) is 4.99 Å². The van der Waals surface area contributed by atoms with E-state index in [4.69, 9.17) is 0 Å². The van der Waals surface area contributed by atoms with Crippen LogP contribution in [0.3, 0.4) is 0 Å². The third-order valence-corrected chi connectivity index (χ3v) is 6.40. The van der Waals surface area contributed by atoms with Crippen LogP contribution in [0.25, 0.3) is 0 Å². The average Bonchev–Trinajstić information content (AvgIpc) is 3.43. The minimum atomic E-state index is 0.584. The highest BCUT2D eigenvalue weighted by Crippen LogP contribution is 2.33. The van der Waals surface area contributed by atoms with Crippen LogP contribution < -0.4 is 10.6 Å². The average molecular weight is 422 g/mol. The van der Waals surface area contributed by atoms with Crippen molar-refractivity contribution < 1.29 is 0 Å². The van der Waals surface area contributed by atoms with Crippen molar-refractivity contribution in [3.8, 4) is 0 Å². The summed E-state index contributed by atoms with van der Waals surface area (Å²) in [6, 6.07) is 0.584. The summed E-state index contributed by atoms with van der Waals surface area (Å²) in [6.07, 6.45) is 11.1. The molecule has 0 spiro atoms. The quantitative estimate of drug-likeness (QED) is 0.279. The van der Waals surface area contributed by atoms with Crippen LogP contribution in [0.5, 0.6) is 0 Å². The zero-order valence-corrected chi connectivity index (χ0v) is 18.7. The Morgan fingerprint density at radius 1 is 1.32 bits per heavy atom. The minimum absolute atomic E-state index is 0.584.